The summed E-state index contributed by atoms with van der Waals surface area (Å²) in [5.41, 5.74) is -13.8. The Hall–Kier alpha value is -5.49. The van der Waals surface area contributed by atoms with Gasteiger partial charge in [-0.05, 0) is 214 Å². The molecule has 0 amide bonds. The van der Waals surface area contributed by atoms with Crippen LogP contribution in [0.4, 0.5) is 65.9 Å². The van der Waals surface area contributed by atoms with E-state index in [1.807, 2.05) is 34.6 Å². The van der Waals surface area contributed by atoms with Gasteiger partial charge in [0.15, 0.2) is 42.1 Å². The van der Waals surface area contributed by atoms with Gasteiger partial charge in [0.25, 0.3) is 5.60 Å². The fraction of sp³-hybridized carbons (Fsp3) is 0.896. The molecule has 0 aromatic carbocycles. The summed E-state index contributed by atoms with van der Waals surface area (Å²) in [6.45, 7) is 43.1. The topological polar surface area (TPSA) is 279 Å². The van der Waals surface area contributed by atoms with Crippen molar-refractivity contribution in [2.45, 2.75) is 379 Å². The molecule has 4 saturated heterocycles. The maximum absolute atomic E-state index is 13.3. The van der Waals surface area contributed by atoms with Crippen LogP contribution in [0.3, 0.4) is 0 Å². The van der Waals surface area contributed by atoms with E-state index in [0.29, 0.717) is 44.6 Å². The lowest BCUT2D eigenvalue weighted by Gasteiger charge is -2.47. The lowest BCUT2D eigenvalue weighted by atomic mass is 9.66. The molecule has 2 aliphatic carbocycles. The van der Waals surface area contributed by atoms with Gasteiger partial charge in [-0.25, -0.2) is 9.59 Å². The fourth-order valence-electron chi connectivity index (χ4n) is 10.9. The maximum atomic E-state index is 13.3. The molecule has 0 aromatic heterocycles. The van der Waals surface area contributed by atoms with Crippen molar-refractivity contribution >= 4 is 47.8 Å². The third kappa shape index (κ3) is 28.9. The molecule has 36 heteroatoms. The Morgan fingerprint density at radius 1 is 0.451 bits per heavy atom. The monoisotopic (exact) mass is 1670 g/mol. The van der Waals surface area contributed by atoms with E-state index < -0.39 is 197 Å². The Morgan fingerprint density at radius 3 is 1.19 bits per heavy atom. The summed E-state index contributed by atoms with van der Waals surface area (Å²) in [6.07, 6.45) is -31.9. The summed E-state index contributed by atoms with van der Waals surface area (Å²) in [4.78, 5) is 93.7. The van der Waals surface area contributed by atoms with Crippen LogP contribution in [0.25, 0.3) is 0 Å². The van der Waals surface area contributed by atoms with Crippen molar-refractivity contribution in [2.75, 3.05) is 6.61 Å². The fourth-order valence-corrected chi connectivity index (χ4v) is 10.9. The minimum absolute atomic E-state index is 0.0476. The molecule has 2 saturated carbocycles. The smallest absolute Gasteiger partial charge is 0.426 e. The SMILES string of the molecule is CCC(C)(C)C(=O)OC(C)(C)C1CCC(C)CC1.CCC(C)(C)C(=O)OC(C)C(F)(F)F.CCC(C)(C)C(=O)OC(C)C(F)(F)F.CCC(C)(C)C(=O)OC1C(=O)OC2C3OC(C)(C)OC3OC12.CCC(C)(C)C(=O)OC1CC(C(C)(O)C(F)(F)F)CC(C(O)(C(F)(F)F)C(F)(F)F)C1.CCC(C)(C)C(=O)OC1CCOC1=O. The number of cyclic esters (lactones) is 1. The Balaban J connectivity index is 0.000000698. The van der Waals surface area contributed by atoms with Gasteiger partial charge < -0.3 is 62.3 Å². The second-order valence-corrected chi connectivity index (χ2v) is 34.7. The number of fused-ring (bicyclic) bond motifs is 3. The normalized spacial score (nSPS) is 25.5. The van der Waals surface area contributed by atoms with Gasteiger partial charge in [-0.15, -0.1) is 0 Å². The van der Waals surface area contributed by atoms with Gasteiger partial charge in [0.2, 0.25) is 12.2 Å². The molecule has 0 spiro atoms. The molecule has 12 atom stereocenters. The van der Waals surface area contributed by atoms with Crippen LogP contribution in [-0.4, -0.2) is 173 Å². The van der Waals surface area contributed by atoms with Gasteiger partial charge >= 0.3 is 78.6 Å². The number of alkyl halides is 15. The molecule has 2 N–H and O–H groups in total. The van der Waals surface area contributed by atoms with Gasteiger partial charge in [0, 0.05) is 18.3 Å². The lowest BCUT2D eigenvalue weighted by molar-refractivity contribution is -0.391. The molecule has 4 heterocycles. The van der Waals surface area contributed by atoms with Crippen molar-refractivity contribution in [1.82, 2.24) is 0 Å². The third-order valence-corrected chi connectivity index (χ3v) is 22.4. The zero-order valence-corrected chi connectivity index (χ0v) is 69.9. The van der Waals surface area contributed by atoms with Crippen molar-refractivity contribution in [3.63, 3.8) is 0 Å². The summed E-state index contributed by atoms with van der Waals surface area (Å²) in [6, 6.07) is 0. The number of aliphatic hydroxyl groups is 2. The second-order valence-electron chi connectivity index (χ2n) is 34.7. The van der Waals surface area contributed by atoms with Crippen LogP contribution in [0.2, 0.25) is 0 Å². The quantitative estimate of drug-likeness (QED) is 0.0613. The Kier molecular flexibility index (Phi) is 36.8. The molecule has 6 fully saturated rings. The van der Waals surface area contributed by atoms with Crippen molar-refractivity contribution < 1.29 is 167 Å². The minimum Gasteiger partial charge on any atom is -0.463 e. The van der Waals surface area contributed by atoms with Gasteiger partial charge in [-0.1, -0.05) is 61.3 Å². The van der Waals surface area contributed by atoms with Gasteiger partial charge in [-0.2, -0.15) is 65.9 Å². The van der Waals surface area contributed by atoms with Crippen molar-refractivity contribution in [2.24, 2.45) is 56.2 Å². The van der Waals surface area contributed by atoms with Gasteiger partial charge in [-0.3, -0.25) is 28.8 Å². The molecule has 0 aromatic rings. The molecule has 21 nitrogen and oxygen atoms in total. The first-order chi connectivity index (χ1) is 50.5. The summed E-state index contributed by atoms with van der Waals surface area (Å²) in [5.74, 6) is -8.99. The second kappa shape index (κ2) is 39.4. The van der Waals surface area contributed by atoms with E-state index in [1.54, 1.807) is 90.0 Å². The average Bonchev–Trinajstić information content (AvgIpc) is 1.72. The van der Waals surface area contributed by atoms with E-state index in [-0.39, 0.29) is 36.3 Å². The van der Waals surface area contributed by atoms with Crippen molar-refractivity contribution in [1.29, 1.82) is 0 Å². The highest BCUT2D eigenvalue weighted by Gasteiger charge is 2.75. The number of rotatable bonds is 21. The van der Waals surface area contributed by atoms with Crippen LogP contribution >= 0.6 is 0 Å². The first-order valence-corrected chi connectivity index (χ1v) is 38.0. The number of halogens is 15. The molecule has 662 valence electrons. The zero-order chi connectivity index (χ0) is 89.0. The molecule has 4 aliphatic heterocycles. The van der Waals surface area contributed by atoms with Crippen LogP contribution in [0.1, 0.15) is 270 Å². The van der Waals surface area contributed by atoms with Gasteiger partial charge in [0.05, 0.1) is 39.1 Å². The van der Waals surface area contributed by atoms with Crippen LogP contribution in [0.15, 0.2) is 0 Å². The number of esters is 8. The molecule has 113 heavy (non-hydrogen) atoms. The highest BCUT2D eigenvalue weighted by molar-refractivity contribution is 5.85. The minimum atomic E-state index is -6.28. The largest absolute Gasteiger partial charge is 0.463 e. The number of hydrogen-bond donors (Lipinski definition) is 2. The molecular formula is C77H123F15O21. The van der Waals surface area contributed by atoms with E-state index in [0.717, 1.165) is 26.2 Å². The summed E-state index contributed by atoms with van der Waals surface area (Å²) in [7, 11) is 0. The van der Waals surface area contributed by atoms with E-state index in [2.05, 4.69) is 30.2 Å². The Morgan fingerprint density at radius 2 is 0.823 bits per heavy atom. The standard InChI is InChI=1S/C18H25F9O4.C16H30O2.C15H22O7.C10H16O4.2C9H15F3O2/c1-5-13(2,3)12(28)31-11-7-9(14(4,29)16(19,20)21)6-10(8-11)15(30,17(22,23)24)18(25,26)27;1-7-15(3,4)14(17)18-16(5,6)13-10-8-12(2)9-11-13;1-6-14(2,3)13(17)20-9-7-8(18-11(9)16)10-12(19-7)22-15(4,5)21-10;1-4-10(2,3)9(12)14-7-5-6-13-8(7)11;2*1-5-8(3,4)7(13)14-6(2)9(10,11)12/h9-11,29-30H,5-8H2,1-4H3;12-13H,7-11H2,1-6H3;7-10,12H,6H2,1-5H3;7H,4-6H2,1-3H3;2*6H,5H2,1-4H3. The van der Waals surface area contributed by atoms with E-state index in [9.17, 15) is 114 Å². The highest BCUT2D eigenvalue weighted by atomic mass is 19.4. The summed E-state index contributed by atoms with van der Waals surface area (Å²) in [5, 5.41) is 19.6. The first-order valence-electron chi connectivity index (χ1n) is 38.0. The molecular weight excluding hydrogens is 1550 g/mol. The van der Waals surface area contributed by atoms with Crippen LogP contribution in [-0.2, 0) is 90.5 Å². The van der Waals surface area contributed by atoms with Crippen molar-refractivity contribution in [3.05, 3.63) is 0 Å². The Bertz CT molecular complexity index is 3060. The highest BCUT2D eigenvalue weighted by Crippen LogP contribution is 2.56. The van der Waals surface area contributed by atoms with E-state index in [4.69, 9.17) is 42.6 Å². The lowest BCUT2D eigenvalue weighted by Crippen LogP contribution is -2.64. The van der Waals surface area contributed by atoms with Crippen molar-refractivity contribution in [3.8, 4) is 0 Å². The third-order valence-electron chi connectivity index (χ3n) is 22.4. The van der Waals surface area contributed by atoms with Crippen LogP contribution in [0, 0.1) is 56.2 Å². The zero-order valence-electron chi connectivity index (χ0n) is 69.9. The van der Waals surface area contributed by atoms with E-state index in [1.165, 1.54) is 39.5 Å². The van der Waals surface area contributed by atoms with Crippen LogP contribution in [0.5, 0.6) is 0 Å². The summed E-state index contributed by atoms with van der Waals surface area (Å²) < 4.78 is 249. The molecule has 6 rings (SSSR count). The Labute approximate surface area is 653 Å². The number of carbonyl (C=O) groups excluding carboxylic acids is 8. The molecule has 6 aliphatic rings. The average molecular weight is 1670 g/mol. The predicted octanol–water partition coefficient (Wildman–Crippen LogP) is 17.7. The molecule has 12 unspecified atom stereocenters. The van der Waals surface area contributed by atoms with Gasteiger partial charge in [0.1, 0.15) is 17.8 Å². The molecule has 0 bridgehead atoms. The molecule has 0 radical (unpaired) electrons. The van der Waals surface area contributed by atoms with Crippen LogP contribution < -0.4 is 0 Å². The number of ether oxygens (including phenoxy) is 11. The van der Waals surface area contributed by atoms with E-state index >= 15 is 0 Å². The maximum Gasteiger partial charge on any atom is 0.426 e. The summed E-state index contributed by atoms with van der Waals surface area (Å²) >= 11 is 0. The predicted molar refractivity (Wildman–Crippen MR) is 377 cm³/mol. The number of hydrogen-bond acceptors (Lipinski definition) is 21. The first kappa shape index (κ1) is 106. The number of carbonyl (C=O) groups is 8.